The number of carbonyl (C=O) groups is 2. The molecule has 0 bridgehead atoms. The molecule has 0 saturated carbocycles. The highest BCUT2D eigenvalue weighted by molar-refractivity contribution is 7.89. The van der Waals surface area contributed by atoms with Gasteiger partial charge in [-0.2, -0.15) is 4.31 Å². The van der Waals surface area contributed by atoms with E-state index in [2.05, 4.69) is 5.32 Å². The first-order valence-electron chi connectivity index (χ1n) is 10.5. The molecule has 0 spiro atoms. The van der Waals surface area contributed by atoms with E-state index in [4.69, 9.17) is 4.74 Å². The molecule has 0 radical (unpaired) electrons. The lowest BCUT2D eigenvalue weighted by Crippen LogP contribution is -2.64. The van der Waals surface area contributed by atoms with Gasteiger partial charge in [-0.1, -0.05) is 36.4 Å². The van der Waals surface area contributed by atoms with Gasteiger partial charge in [0.25, 0.3) is 5.91 Å². The fourth-order valence-electron chi connectivity index (χ4n) is 4.20. The average molecular weight is 464 g/mol. The van der Waals surface area contributed by atoms with E-state index >= 15 is 0 Å². The van der Waals surface area contributed by atoms with Gasteiger partial charge in [-0.3, -0.25) is 4.79 Å². The molecule has 2 aliphatic heterocycles. The van der Waals surface area contributed by atoms with E-state index in [-0.39, 0.29) is 11.4 Å². The van der Waals surface area contributed by atoms with Crippen molar-refractivity contribution in [2.45, 2.75) is 23.4 Å². The largest absolute Gasteiger partial charge is 0.457 e. The maximum Gasteiger partial charge on any atom is 0.329 e. The van der Waals surface area contributed by atoms with Crippen molar-refractivity contribution in [1.29, 1.82) is 0 Å². The summed E-state index contributed by atoms with van der Waals surface area (Å²) < 4.78 is 33.4. The number of carbonyl (C=O) groups excluding carboxylic acids is 2. The molecule has 0 unspecified atom stereocenters. The number of benzene rings is 3. The molecule has 3 aromatic rings. The quantitative estimate of drug-likeness (QED) is 0.626. The van der Waals surface area contributed by atoms with Gasteiger partial charge < -0.3 is 10.1 Å². The van der Waals surface area contributed by atoms with Crippen LogP contribution in [0.2, 0.25) is 0 Å². The van der Waals surface area contributed by atoms with Crippen molar-refractivity contribution in [1.82, 2.24) is 9.62 Å². The number of hydrogen-bond acceptors (Lipinski definition) is 5. The minimum atomic E-state index is -3.89. The third-order valence-electron chi connectivity index (χ3n) is 5.76. The van der Waals surface area contributed by atoms with Gasteiger partial charge >= 0.3 is 6.03 Å². The van der Waals surface area contributed by atoms with Gasteiger partial charge in [0.15, 0.2) is 0 Å². The third-order valence-corrected chi connectivity index (χ3v) is 7.66. The second kappa shape index (κ2) is 8.34. The van der Waals surface area contributed by atoms with E-state index in [1.807, 2.05) is 30.3 Å². The first-order chi connectivity index (χ1) is 15.9. The monoisotopic (exact) mass is 463 g/mol. The summed E-state index contributed by atoms with van der Waals surface area (Å²) in [7, 11) is -3.89. The molecule has 8 nitrogen and oxygen atoms in total. The Morgan fingerprint density at radius 2 is 1.42 bits per heavy atom. The molecule has 1 N–H and O–H groups in total. The summed E-state index contributed by atoms with van der Waals surface area (Å²) in [5, 5.41) is 2.79. The highest BCUT2D eigenvalue weighted by Gasteiger charge is 2.52. The molecule has 3 aromatic carbocycles. The zero-order valence-corrected chi connectivity index (χ0v) is 18.3. The zero-order valence-electron chi connectivity index (χ0n) is 17.5. The van der Waals surface area contributed by atoms with Crippen LogP contribution in [0.1, 0.15) is 6.42 Å². The van der Waals surface area contributed by atoms with Crippen LogP contribution in [0, 0.1) is 0 Å². The molecule has 2 atom stereocenters. The third kappa shape index (κ3) is 3.85. The summed E-state index contributed by atoms with van der Waals surface area (Å²) in [5.74, 6) is 0.631. The summed E-state index contributed by atoms with van der Waals surface area (Å²) in [4.78, 5) is 27.3. The smallest absolute Gasteiger partial charge is 0.329 e. The summed E-state index contributed by atoms with van der Waals surface area (Å²) in [6, 6.07) is 21.6. The van der Waals surface area contributed by atoms with Crippen LogP contribution in [0.4, 0.5) is 10.5 Å². The predicted octanol–water partition coefficient (Wildman–Crippen LogP) is 3.37. The summed E-state index contributed by atoms with van der Waals surface area (Å²) >= 11 is 0. The molecule has 3 amide bonds. The number of urea groups is 1. The lowest BCUT2D eigenvalue weighted by molar-refractivity contribution is -0.122. The Balaban J connectivity index is 1.41. The van der Waals surface area contributed by atoms with Crippen molar-refractivity contribution < 1.29 is 22.7 Å². The fourth-order valence-corrected chi connectivity index (χ4v) is 5.85. The Labute approximate surface area is 191 Å². The van der Waals surface area contributed by atoms with Gasteiger partial charge in [0.1, 0.15) is 17.5 Å². The minimum Gasteiger partial charge on any atom is -0.457 e. The second-order valence-corrected chi connectivity index (χ2v) is 9.69. The van der Waals surface area contributed by atoms with Gasteiger partial charge in [0.05, 0.1) is 16.6 Å². The Hall–Kier alpha value is -3.69. The number of hydrogen-bond donors (Lipinski definition) is 1. The van der Waals surface area contributed by atoms with Crippen LogP contribution in [-0.4, -0.2) is 43.3 Å². The number of anilines is 1. The van der Waals surface area contributed by atoms with E-state index in [9.17, 15) is 18.0 Å². The molecule has 2 heterocycles. The SMILES string of the molecule is O=C1N[C@@H]2CCN(S(=O)(=O)c3ccccc3)[C@H]2C(=O)N1c1ccc(Oc2ccccc2)cc1. The molecule has 0 aliphatic carbocycles. The maximum absolute atomic E-state index is 13.4. The van der Waals surface area contributed by atoms with E-state index in [1.54, 1.807) is 42.5 Å². The van der Waals surface area contributed by atoms with E-state index in [0.29, 0.717) is 23.6 Å². The Kier molecular flexibility index (Phi) is 5.35. The van der Waals surface area contributed by atoms with Crippen LogP contribution >= 0.6 is 0 Å². The Bertz CT molecular complexity index is 1280. The highest BCUT2D eigenvalue weighted by atomic mass is 32.2. The minimum absolute atomic E-state index is 0.115. The molecule has 168 valence electrons. The Morgan fingerprint density at radius 1 is 0.818 bits per heavy atom. The zero-order chi connectivity index (χ0) is 23.0. The van der Waals surface area contributed by atoms with Gasteiger partial charge in [-0.25, -0.2) is 18.1 Å². The van der Waals surface area contributed by atoms with Crippen LogP contribution in [0.15, 0.2) is 89.8 Å². The lowest BCUT2D eigenvalue weighted by atomic mass is 10.1. The normalized spacial score (nSPS) is 20.9. The summed E-state index contributed by atoms with van der Waals surface area (Å²) in [5.41, 5.74) is 0.334. The van der Waals surface area contributed by atoms with Gasteiger partial charge in [0.2, 0.25) is 10.0 Å². The van der Waals surface area contributed by atoms with Crippen LogP contribution in [0.25, 0.3) is 0 Å². The number of amides is 3. The molecule has 33 heavy (non-hydrogen) atoms. The van der Waals surface area contributed by atoms with Gasteiger partial charge in [-0.05, 0) is 55.0 Å². The number of sulfonamides is 1. The van der Waals surface area contributed by atoms with Gasteiger partial charge in [0, 0.05) is 6.54 Å². The molecular formula is C24H21N3O5S. The van der Waals surface area contributed by atoms with Crippen molar-refractivity contribution in [2.75, 3.05) is 11.4 Å². The standard InChI is InChI=1S/C24H21N3O5S/c28-23-22-21(15-16-26(22)33(30,31)20-9-5-2-6-10-20)25-24(29)27(23)17-11-13-19(14-12-17)32-18-7-3-1-4-8-18/h1-14,21-22H,15-16H2,(H,25,29)/t21-,22-/m1/s1. The maximum atomic E-state index is 13.4. The number of nitrogens with one attached hydrogen (secondary N) is 1. The van der Waals surface area contributed by atoms with Crippen molar-refractivity contribution in [3.63, 3.8) is 0 Å². The van der Waals surface area contributed by atoms with E-state index in [1.165, 1.54) is 16.4 Å². The molecule has 2 aliphatic rings. The number of ether oxygens (including phenoxy) is 1. The molecule has 0 aromatic heterocycles. The number of imide groups is 1. The van der Waals surface area contributed by atoms with Crippen molar-refractivity contribution in [2.24, 2.45) is 0 Å². The number of nitrogens with zero attached hydrogens (tertiary/aromatic N) is 2. The van der Waals surface area contributed by atoms with Crippen LogP contribution < -0.4 is 15.0 Å². The van der Waals surface area contributed by atoms with E-state index in [0.717, 1.165) is 4.90 Å². The van der Waals surface area contributed by atoms with Crippen molar-refractivity contribution >= 4 is 27.6 Å². The number of rotatable bonds is 5. The van der Waals surface area contributed by atoms with Crippen molar-refractivity contribution in [3.8, 4) is 11.5 Å². The van der Waals surface area contributed by atoms with E-state index < -0.39 is 34.0 Å². The van der Waals surface area contributed by atoms with Crippen molar-refractivity contribution in [3.05, 3.63) is 84.9 Å². The first-order valence-corrected chi connectivity index (χ1v) is 11.9. The summed E-state index contributed by atoms with van der Waals surface area (Å²) in [6.45, 7) is 0.149. The topological polar surface area (TPSA) is 96.0 Å². The molecule has 9 heteroatoms. The number of fused-ring (bicyclic) bond motifs is 1. The fraction of sp³-hybridized carbons (Fsp3) is 0.167. The molecular weight excluding hydrogens is 442 g/mol. The van der Waals surface area contributed by atoms with Crippen LogP contribution in [0.5, 0.6) is 11.5 Å². The lowest BCUT2D eigenvalue weighted by Gasteiger charge is -2.36. The van der Waals surface area contributed by atoms with Crippen LogP contribution in [0.3, 0.4) is 0 Å². The predicted molar refractivity (Wildman–Crippen MR) is 122 cm³/mol. The molecule has 2 saturated heterocycles. The summed E-state index contributed by atoms with van der Waals surface area (Å²) in [6.07, 6.45) is 0.367. The average Bonchev–Trinajstić information content (AvgIpc) is 3.26. The molecule has 2 fully saturated rings. The second-order valence-electron chi connectivity index (χ2n) is 7.80. The molecule has 5 rings (SSSR count). The van der Waals surface area contributed by atoms with Crippen LogP contribution in [-0.2, 0) is 14.8 Å². The van der Waals surface area contributed by atoms with Gasteiger partial charge in [-0.15, -0.1) is 0 Å². The number of para-hydroxylation sites is 1. The Morgan fingerprint density at radius 3 is 2.09 bits per heavy atom. The highest BCUT2D eigenvalue weighted by Crippen LogP contribution is 2.33. The first kappa shape index (κ1) is 21.2.